The van der Waals surface area contributed by atoms with E-state index in [2.05, 4.69) is 11.8 Å². The van der Waals surface area contributed by atoms with Crippen molar-refractivity contribution < 1.29 is 19.0 Å². The van der Waals surface area contributed by atoms with E-state index in [-0.39, 0.29) is 18.5 Å². The van der Waals surface area contributed by atoms with Crippen molar-refractivity contribution in [2.24, 2.45) is 0 Å². The van der Waals surface area contributed by atoms with Gasteiger partial charge in [0.05, 0.1) is 25.9 Å². The molecule has 1 aromatic rings. The van der Waals surface area contributed by atoms with Gasteiger partial charge in [-0.3, -0.25) is 0 Å². The van der Waals surface area contributed by atoms with Gasteiger partial charge in [-0.05, 0) is 30.7 Å². The highest BCUT2D eigenvalue weighted by molar-refractivity contribution is 5.37. The lowest BCUT2D eigenvalue weighted by molar-refractivity contribution is -0.000209. The van der Waals surface area contributed by atoms with E-state index in [9.17, 15) is 4.39 Å². The van der Waals surface area contributed by atoms with E-state index in [4.69, 9.17) is 14.6 Å². The van der Waals surface area contributed by atoms with Crippen LogP contribution in [0.25, 0.3) is 0 Å². The third-order valence-corrected chi connectivity index (χ3v) is 2.36. The van der Waals surface area contributed by atoms with Crippen molar-refractivity contribution in [2.75, 3.05) is 20.3 Å². The van der Waals surface area contributed by atoms with Crippen LogP contribution >= 0.6 is 0 Å². The molecule has 1 rings (SSSR count). The molecule has 0 saturated heterocycles. The lowest BCUT2D eigenvalue weighted by Crippen LogP contribution is -2.14. The first-order valence-corrected chi connectivity index (χ1v) is 6.15. The zero-order valence-corrected chi connectivity index (χ0v) is 11.3. The molecule has 0 amide bonds. The van der Waals surface area contributed by atoms with E-state index in [0.717, 1.165) is 5.56 Å². The number of rotatable bonds is 6. The zero-order chi connectivity index (χ0) is 14.1. The summed E-state index contributed by atoms with van der Waals surface area (Å²) in [6.45, 7) is 2.72. The van der Waals surface area contributed by atoms with Crippen LogP contribution in [-0.2, 0) is 16.1 Å². The summed E-state index contributed by atoms with van der Waals surface area (Å²) in [5.74, 6) is 5.23. The fourth-order valence-electron chi connectivity index (χ4n) is 1.55. The van der Waals surface area contributed by atoms with Crippen LogP contribution in [0.3, 0.4) is 0 Å². The number of aliphatic hydroxyl groups is 1. The second-order valence-electron chi connectivity index (χ2n) is 4.20. The molecule has 0 aromatic heterocycles. The number of benzene rings is 1. The van der Waals surface area contributed by atoms with Gasteiger partial charge in [-0.25, -0.2) is 4.39 Å². The SMILES string of the molecule is COCC(C)OCc1cc(F)cc(C#CCCO)c1. The molecule has 1 aromatic carbocycles. The standard InChI is InChI=1S/C15H19FO3/c1-12(10-18-2)19-11-14-7-13(5-3-4-6-17)8-15(16)9-14/h7-9,12,17H,4,6,10-11H2,1-2H3. The van der Waals surface area contributed by atoms with E-state index in [1.807, 2.05) is 6.92 Å². The van der Waals surface area contributed by atoms with Crippen LogP contribution in [0, 0.1) is 17.7 Å². The predicted molar refractivity (Wildman–Crippen MR) is 71.1 cm³/mol. The van der Waals surface area contributed by atoms with E-state index >= 15 is 0 Å². The molecular formula is C15H19FO3. The summed E-state index contributed by atoms with van der Waals surface area (Å²) in [4.78, 5) is 0. The molecule has 0 aliphatic carbocycles. The average Bonchev–Trinajstić information content (AvgIpc) is 2.37. The predicted octanol–water partition coefficient (Wildman–Crippen LogP) is 2.11. The minimum atomic E-state index is -0.339. The van der Waals surface area contributed by atoms with Gasteiger partial charge < -0.3 is 14.6 Å². The lowest BCUT2D eigenvalue weighted by Gasteiger charge is -2.12. The maximum absolute atomic E-state index is 13.4. The fraction of sp³-hybridized carbons (Fsp3) is 0.467. The molecule has 19 heavy (non-hydrogen) atoms. The van der Waals surface area contributed by atoms with E-state index in [1.165, 1.54) is 12.1 Å². The molecule has 0 saturated carbocycles. The van der Waals surface area contributed by atoms with Crippen molar-refractivity contribution >= 4 is 0 Å². The summed E-state index contributed by atoms with van der Waals surface area (Å²) in [7, 11) is 1.61. The van der Waals surface area contributed by atoms with Crippen LogP contribution in [0.1, 0.15) is 24.5 Å². The number of hydrogen-bond acceptors (Lipinski definition) is 3. The van der Waals surface area contributed by atoms with Crippen LogP contribution in [0.15, 0.2) is 18.2 Å². The van der Waals surface area contributed by atoms with Crippen molar-refractivity contribution in [3.05, 3.63) is 35.1 Å². The van der Waals surface area contributed by atoms with Gasteiger partial charge >= 0.3 is 0 Å². The monoisotopic (exact) mass is 266 g/mol. The molecule has 0 spiro atoms. The Hall–Kier alpha value is -1.41. The van der Waals surface area contributed by atoms with Gasteiger partial charge in [0.25, 0.3) is 0 Å². The maximum atomic E-state index is 13.4. The van der Waals surface area contributed by atoms with Crippen LogP contribution in [0.2, 0.25) is 0 Å². The molecule has 1 N–H and O–H groups in total. The Morgan fingerprint density at radius 3 is 2.84 bits per heavy atom. The quantitative estimate of drug-likeness (QED) is 0.801. The van der Waals surface area contributed by atoms with Crippen molar-refractivity contribution in [1.29, 1.82) is 0 Å². The summed E-state index contributed by atoms with van der Waals surface area (Å²) in [6.07, 6.45) is 0.338. The number of ether oxygens (including phenoxy) is 2. The normalized spacial score (nSPS) is 11.8. The summed E-state index contributed by atoms with van der Waals surface area (Å²) in [6, 6.07) is 4.58. The molecule has 0 aliphatic rings. The molecule has 104 valence electrons. The summed E-state index contributed by atoms with van der Waals surface area (Å²) in [5.41, 5.74) is 1.32. The Balaban J connectivity index is 2.66. The van der Waals surface area contributed by atoms with Gasteiger partial charge in [0.15, 0.2) is 0 Å². The van der Waals surface area contributed by atoms with Crippen molar-refractivity contribution in [3.63, 3.8) is 0 Å². The molecule has 0 bridgehead atoms. The largest absolute Gasteiger partial charge is 0.395 e. The Bertz CT molecular complexity index is 448. The van der Waals surface area contributed by atoms with Gasteiger partial charge in [0, 0.05) is 19.1 Å². The number of methoxy groups -OCH3 is 1. The molecule has 1 unspecified atom stereocenters. The minimum absolute atomic E-state index is 0.00676. The Labute approximate surface area is 113 Å². The van der Waals surface area contributed by atoms with Crippen LogP contribution in [-0.4, -0.2) is 31.5 Å². The highest BCUT2D eigenvalue weighted by Gasteiger charge is 2.04. The summed E-state index contributed by atoms with van der Waals surface area (Å²) in [5, 5.41) is 8.64. The van der Waals surface area contributed by atoms with Crippen molar-refractivity contribution in [1.82, 2.24) is 0 Å². The Morgan fingerprint density at radius 1 is 1.37 bits per heavy atom. The molecular weight excluding hydrogens is 247 g/mol. The number of hydrogen-bond donors (Lipinski definition) is 1. The zero-order valence-electron chi connectivity index (χ0n) is 11.3. The Kier molecular flexibility index (Phi) is 7.12. The smallest absolute Gasteiger partial charge is 0.124 e. The fourth-order valence-corrected chi connectivity index (χ4v) is 1.55. The molecule has 0 aliphatic heterocycles. The average molecular weight is 266 g/mol. The first-order valence-electron chi connectivity index (χ1n) is 6.15. The molecule has 0 heterocycles. The van der Waals surface area contributed by atoms with E-state index in [0.29, 0.717) is 25.2 Å². The van der Waals surface area contributed by atoms with Crippen LogP contribution < -0.4 is 0 Å². The third-order valence-electron chi connectivity index (χ3n) is 2.36. The first-order chi connectivity index (χ1) is 9.15. The van der Waals surface area contributed by atoms with Crippen LogP contribution in [0.4, 0.5) is 4.39 Å². The first kappa shape index (κ1) is 15.6. The lowest BCUT2D eigenvalue weighted by atomic mass is 10.1. The number of aliphatic hydroxyl groups excluding tert-OH is 1. The molecule has 1 atom stereocenters. The second-order valence-corrected chi connectivity index (χ2v) is 4.20. The highest BCUT2D eigenvalue weighted by Crippen LogP contribution is 2.11. The molecule has 4 heteroatoms. The minimum Gasteiger partial charge on any atom is -0.395 e. The van der Waals surface area contributed by atoms with Gasteiger partial charge in [-0.2, -0.15) is 0 Å². The second kappa shape index (κ2) is 8.65. The van der Waals surface area contributed by atoms with Gasteiger partial charge in [0.1, 0.15) is 5.82 Å². The molecule has 3 nitrogen and oxygen atoms in total. The van der Waals surface area contributed by atoms with Crippen LogP contribution in [0.5, 0.6) is 0 Å². The van der Waals surface area contributed by atoms with Gasteiger partial charge in [-0.1, -0.05) is 11.8 Å². The van der Waals surface area contributed by atoms with E-state index in [1.54, 1.807) is 13.2 Å². The van der Waals surface area contributed by atoms with E-state index < -0.39 is 0 Å². The third kappa shape index (κ3) is 6.35. The topological polar surface area (TPSA) is 38.7 Å². The maximum Gasteiger partial charge on any atom is 0.124 e. The van der Waals surface area contributed by atoms with Gasteiger partial charge in [-0.15, -0.1) is 0 Å². The highest BCUT2D eigenvalue weighted by atomic mass is 19.1. The summed E-state index contributed by atoms with van der Waals surface area (Å²) < 4.78 is 23.9. The molecule has 0 radical (unpaired) electrons. The number of halogens is 1. The van der Waals surface area contributed by atoms with Crippen molar-refractivity contribution in [3.8, 4) is 11.8 Å². The Morgan fingerprint density at radius 2 is 2.16 bits per heavy atom. The van der Waals surface area contributed by atoms with Gasteiger partial charge in [0.2, 0.25) is 0 Å². The van der Waals surface area contributed by atoms with Crippen molar-refractivity contribution in [2.45, 2.75) is 26.1 Å². The molecule has 0 fully saturated rings. The summed E-state index contributed by atoms with van der Waals surface area (Å²) >= 11 is 0.